The lowest BCUT2D eigenvalue weighted by atomic mass is 10.2. The zero-order valence-electron chi connectivity index (χ0n) is 7.35. The molecule has 1 heterocycles. The molecular weight excluding hydrogens is 262 g/mol. The van der Waals surface area contributed by atoms with E-state index in [0.717, 1.165) is 0 Å². The van der Waals surface area contributed by atoms with Crippen LogP contribution in [0.2, 0.25) is 0 Å². The Hall–Kier alpha value is -1.78. The van der Waals surface area contributed by atoms with Crippen molar-refractivity contribution in [1.29, 1.82) is 0 Å². The van der Waals surface area contributed by atoms with Gasteiger partial charge in [-0.15, -0.1) is 0 Å². The van der Waals surface area contributed by atoms with Gasteiger partial charge >= 0.3 is 5.63 Å². The molecule has 0 atom stereocenters. The molecule has 0 aliphatic carbocycles. The molecule has 0 unspecified atom stereocenters. The first-order valence-electron chi connectivity index (χ1n) is 4.00. The Morgan fingerprint density at radius 2 is 2.13 bits per heavy atom. The maximum atomic E-state index is 11.3. The molecule has 0 fully saturated rings. The maximum absolute atomic E-state index is 11.3. The Morgan fingerprint density at radius 3 is 2.87 bits per heavy atom. The number of para-hydroxylation sites is 1. The van der Waals surface area contributed by atoms with Crippen molar-refractivity contribution in [2.45, 2.75) is 0 Å². The van der Waals surface area contributed by atoms with Crippen LogP contribution in [-0.4, -0.2) is 0 Å². The normalized spacial score (nSPS) is 9.93. The zero-order valence-corrected chi connectivity index (χ0v) is 8.93. The molecule has 0 N–H and O–H groups in total. The highest BCUT2D eigenvalue weighted by atomic mass is 79.9. The van der Waals surface area contributed by atoms with Crippen LogP contribution in [0.5, 0.6) is 0 Å². The molecule has 0 bridgehead atoms. The minimum Gasteiger partial charge on any atom is -0.422 e. The third kappa shape index (κ3) is 1.60. The summed E-state index contributed by atoms with van der Waals surface area (Å²) in [5, 5.41) is 4.07. The van der Waals surface area contributed by atoms with Gasteiger partial charge in [-0.1, -0.05) is 23.3 Å². The van der Waals surface area contributed by atoms with Crippen LogP contribution < -0.4 is 5.63 Å². The molecule has 6 heteroatoms. The summed E-state index contributed by atoms with van der Waals surface area (Å²) in [5.74, 6) is 0. The number of rotatable bonds is 1. The Kier molecular flexibility index (Phi) is 2.45. The number of hydrogen-bond acceptors (Lipinski definition) is 3. The number of halogens is 1. The first-order chi connectivity index (χ1) is 7.24. The fraction of sp³-hybridized carbons (Fsp3) is 0. The van der Waals surface area contributed by atoms with Crippen molar-refractivity contribution in [3.05, 3.63) is 49.6 Å². The Morgan fingerprint density at radius 1 is 1.40 bits per heavy atom. The van der Waals surface area contributed by atoms with E-state index in [0.29, 0.717) is 11.0 Å². The number of nitrogens with zero attached hydrogens (tertiary/aromatic N) is 3. The van der Waals surface area contributed by atoms with Gasteiger partial charge in [0.2, 0.25) is 0 Å². The first kappa shape index (κ1) is 9.76. The predicted octanol–water partition coefficient (Wildman–Crippen LogP) is 3.50. The van der Waals surface area contributed by atoms with E-state index in [2.05, 4.69) is 26.0 Å². The molecule has 5 nitrogen and oxygen atoms in total. The van der Waals surface area contributed by atoms with Gasteiger partial charge in [0, 0.05) is 10.3 Å². The van der Waals surface area contributed by atoms with E-state index in [4.69, 9.17) is 9.95 Å². The molecule has 1 aromatic carbocycles. The molecule has 2 aromatic rings. The van der Waals surface area contributed by atoms with Gasteiger partial charge in [0.15, 0.2) is 0 Å². The number of azide groups is 1. The molecule has 74 valence electrons. The van der Waals surface area contributed by atoms with Gasteiger partial charge in [-0.2, -0.15) is 0 Å². The molecule has 0 saturated carbocycles. The predicted molar refractivity (Wildman–Crippen MR) is 59.0 cm³/mol. The second kappa shape index (κ2) is 3.76. The van der Waals surface area contributed by atoms with Crippen molar-refractivity contribution >= 4 is 32.6 Å². The Bertz CT molecular complexity index is 629. The molecular formula is C9H4BrN3O2. The van der Waals surface area contributed by atoms with Crippen molar-refractivity contribution in [2.75, 3.05) is 0 Å². The Balaban J connectivity index is 3.01. The van der Waals surface area contributed by atoms with Crippen LogP contribution in [0.1, 0.15) is 0 Å². The average molecular weight is 266 g/mol. The lowest BCUT2D eigenvalue weighted by molar-refractivity contribution is 0.557. The summed E-state index contributed by atoms with van der Waals surface area (Å²) in [5.41, 5.74) is 8.49. The molecule has 15 heavy (non-hydrogen) atoms. The molecule has 0 aliphatic rings. The van der Waals surface area contributed by atoms with Gasteiger partial charge in [-0.25, -0.2) is 4.79 Å². The van der Waals surface area contributed by atoms with Crippen LogP contribution >= 0.6 is 15.9 Å². The van der Waals surface area contributed by atoms with E-state index < -0.39 is 5.63 Å². The first-order valence-corrected chi connectivity index (χ1v) is 4.80. The van der Waals surface area contributed by atoms with Crippen LogP contribution in [0, 0.1) is 0 Å². The quantitative estimate of drug-likeness (QED) is 0.342. The SMILES string of the molecule is [N-]=[N+]=Nc1c(Br)c(=O)oc2ccccc12. The van der Waals surface area contributed by atoms with Crippen LogP contribution in [0.25, 0.3) is 21.4 Å². The highest BCUT2D eigenvalue weighted by molar-refractivity contribution is 9.10. The minimum atomic E-state index is -0.559. The molecule has 0 radical (unpaired) electrons. The molecule has 2 rings (SSSR count). The van der Waals surface area contributed by atoms with Crippen LogP contribution in [0.15, 0.2) is 43.1 Å². The zero-order chi connectivity index (χ0) is 10.8. The molecule has 0 aliphatic heterocycles. The summed E-state index contributed by atoms with van der Waals surface area (Å²) in [7, 11) is 0. The standard InChI is InChI=1S/C9H4BrN3O2/c10-7-8(12-13-11)5-3-1-2-4-6(5)15-9(7)14/h1-4H. The van der Waals surface area contributed by atoms with Crippen molar-refractivity contribution in [3.63, 3.8) is 0 Å². The monoisotopic (exact) mass is 265 g/mol. The van der Waals surface area contributed by atoms with E-state index in [1.54, 1.807) is 24.3 Å². The largest absolute Gasteiger partial charge is 0.422 e. The maximum Gasteiger partial charge on any atom is 0.351 e. The van der Waals surface area contributed by atoms with Crippen molar-refractivity contribution in [2.24, 2.45) is 5.11 Å². The third-order valence-corrected chi connectivity index (χ3v) is 2.58. The summed E-state index contributed by atoms with van der Waals surface area (Å²) in [6, 6.07) is 6.86. The number of hydrogen-bond donors (Lipinski definition) is 0. The summed E-state index contributed by atoms with van der Waals surface area (Å²) in [6.07, 6.45) is 0. The van der Waals surface area contributed by atoms with E-state index in [-0.39, 0.29) is 10.2 Å². The van der Waals surface area contributed by atoms with E-state index in [1.807, 2.05) is 0 Å². The van der Waals surface area contributed by atoms with Gasteiger partial charge in [0.25, 0.3) is 0 Å². The van der Waals surface area contributed by atoms with Gasteiger partial charge in [0.05, 0.1) is 5.69 Å². The highest BCUT2D eigenvalue weighted by Crippen LogP contribution is 2.30. The average Bonchev–Trinajstić information content (AvgIpc) is 2.25. The highest BCUT2D eigenvalue weighted by Gasteiger charge is 2.09. The Labute approximate surface area is 92.1 Å². The van der Waals surface area contributed by atoms with Crippen molar-refractivity contribution in [1.82, 2.24) is 0 Å². The van der Waals surface area contributed by atoms with Crippen LogP contribution in [0.3, 0.4) is 0 Å². The van der Waals surface area contributed by atoms with Gasteiger partial charge in [-0.05, 0) is 27.5 Å². The number of benzene rings is 1. The van der Waals surface area contributed by atoms with Gasteiger partial charge in [0.1, 0.15) is 10.1 Å². The second-order valence-electron chi connectivity index (χ2n) is 2.74. The summed E-state index contributed by atoms with van der Waals surface area (Å²) < 4.78 is 5.13. The lowest BCUT2D eigenvalue weighted by Gasteiger charge is -2.00. The topological polar surface area (TPSA) is 79.0 Å². The van der Waals surface area contributed by atoms with Gasteiger partial charge < -0.3 is 4.42 Å². The molecule has 1 aromatic heterocycles. The molecule has 0 amide bonds. The van der Waals surface area contributed by atoms with Gasteiger partial charge in [-0.3, -0.25) is 0 Å². The third-order valence-electron chi connectivity index (χ3n) is 1.88. The van der Waals surface area contributed by atoms with E-state index >= 15 is 0 Å². The number of fused-ring (bicyclic) bond motifs is 1. The van der Waals surface area contributed by atoms with Crippen molar-refractivity contribution in [3.8, 4) is 0 Å². The van der Waals surface area contributed by atoms with E-state index in [9.17, 15) is 4.79 Å². The smallest absolute Gasteiger partial charge is 0.351 e. The molecule has 0 saturated heterocycles. The van der Waals surface area contributed by atoms with Crippen LogP contribution in [-0.2, 0) is 0 Å². The second-order valence-corrected chi connectivity index (χ2v) is 3.53. The minimum absolute atomic E-state index is 0.138. The summed E-state index contributed by atoms with van der Waals surface area (Å²) >= 11 is 3.03. The molecule has 0 spiro atoms. The van der Waals surface area contributed by atoms with Crippen LogP contribution in [0.4, 0.5) is 5.69 Å². The fourth-order valence-electron chi connectivity index (χ4n) is 1.25. The summed E-state index contributed by atoms with van der Waals surface area (Å²) in [6.45, 7) is 0. The lowest BCUT2D eigenvalue weighted by Crippen LogP contribution is -1.99. The van der Waals surface area contributed by atoms with E-state index in [1.165, 1.54) is 0 Å². The van der Waals surface area contributed by atoms with Crippen molar-refractivity contribution < 1.29 is 4.42 Å². The fourth-order valence-corrected chi connectivity index (χ4v) is 1.63. The summed E-state index contributed by atoms with van der Waals surface area (Å²) in [4.78, 5) is 14.0.